The molecule has 4 nitrogen and oxygen atoms in total. The maximum atomic E-state index is 12.6. The minimum atomic E-state index is -0.846. The van der Waals surface area contributed by atoms with Gasteiger partial charge in [0.2, 0.25) is 0 Å². The molecule has 5 heteroatoms. The number of amides is 1. The van der Waals surface area contributed by atoms with E-state index in [0.717, 1.165) is 30.5 Å². The molecule has 1 aliphatic rings. The summed E-state index contributed by atoms with van der Waals surface area (Å²) in [5.74, 6) is -0.371. The van der Waals surface area contributed by atoms with E-state index in [9.17, 15) is 9.59 Å². The monoisotopic (exact) mass is 385 g/mol. The Morgan fingerprint density at radius 2 is 1.93 bits per heavy atom. The number of hydrogen-bond acceptors (Lipinski definition) is 4. The summed E-state index contributed by atoms with van der Waals surface area (Å²) in [6, 6.07) is 9.72. The van der Waals surface area contributed by atoms with Crippen LogP contribution in [0.1, 0.15) is 71.6 Å². The summed E-state index contributed by atoms with van der Waals surface area (Å²) in [5, 5.41) is 2.92. The van der Waals surface area contributed by atoms with Crippen LogP contribution < -0.4 is 5.32 Å². The van der Waals surface area contributed by atoms with E-state index in [4.69, 9.17) is 4.74 Å². The molecule has 0 saturated heterocycles. The van der Waals surface area contributed by atoms with Gasteiger partial charge in [0.1, 0.15) is 4.88 Å². The molecule has 0 saturated carbocycles. The number of ether oxygens (including phenoxy) is 1. The van der Waals surface area contributed by atoms with Crippen molar-refractivity contribution in [2.45, 2.75) is 64.9 Å². The maximum Gasteiger partial charge on any atom is 0.349 e. The third-order valence-corrected chi connectivity index (χ3v) is 6.43. The zero-order valence-electron chi connectivity index (χ0n) is 16.2. The Balaban J connectivity index is 1.64. The summed E-state index contributed by atoms with van der Waals surface area (Å²) in [7, 11) is 0. The third-order valence-electron chi connectivity index (χ3n) is 5.21. The van der Waals surface area contributed by atoms with Crippen molar-refractivity contribution in [3.63, 3.8) is 0 Å². The molecule has 2 atom stereocenters. The van der Waals surface area contributed by atoms with Crippen molar-refractivity contribution in [2.24, 2.45) is 0 Å². The van der Waals surface area contributed by atoms with Crippen LogP contribution in [0.25, 0.3) is 0 Å². The highest BCUT2D eigenvalue weighted by Gasteiger charge is 2.23. The van der Waals surface area contributed by atoms with Gasteiger partial charge in [-0.3, -0.25) is 4.79 Å². The molecule has 1 aromatic carbocycles. The van der Waals surface area contributed by atoms with Gasteiger partial charge >= 0.3 is 5.97 Å². The number of thiophene rings is 1. The standard InChI is InChI=1S/C22H27NO3S/c1-4-14(2)17-10-6-7-11-18(17)23-21(24)15(3)26-22(25)20-13-16-9-5-8-12-19(16)27-20/h6-7,10-11,13-15H,4-5,8-9,12H2,1-3H3,(H,23,24)/t14-,15+/m0/s1. The zero-order chi connectivity index (χ0) is 19.4. The second-order valence-electron chi connectivity index (χ2n) is 7.20. The van der Waals surface area contributed by atoms with Gasteiger partial charge in [0.15, 0.2) is 6.10 Å². The molecule has 3 rings (SSSR count). The number of rotatable bonds is 6. The summed E-state index contributed by atoms with van der Waals surface area (Å²) >= 11 is 1.50. The number of fused-ring (bicyclic) bond motifs is 1. The van der Waals surface area contributed by atoms with Crippen LogP contribution in [0.3, 0.4) is 0 Å². The van der Waals surface area contributed by atoms with E-state index in [1.54, 1.807) is 6.92 Å². The molecule has 0 spiro atoms. The number of anilines is 1. The number of nitrogens with one attached hydrogen (secondary N) is 1. The predicted molar refractivity (Wildman–Crippen MR) is 110 cm³/mol. The summed E-state index contributed by atoms with van der Waals surface area (Å²) in [5.41, 5.74) is 3.14. The Kier molecular flexibility index (Phi) is 6.32. The van der Waals surface area contributed by atoms with Crippen LogP contribution in [-0.2, 0) is 22.4 Å². The van der Waals surface area contributed by atoms with Crippen LogP contribution in [0.15, 0.2) is 30.3 Å². The third kappa shape index (κ3) is 4.59. The largest absolute Gasteiger partial charge is 0.448 e. The molecule has 0 radical (unpaired) electrons. The minimum Gasteiger partial charge on any atom is -0.448 e. The number of carbonyl (C=O) groups is 2. The van der Waals surface area contributed by atoms with Crippen molar-refractivity contribution < 1.29 is 14.3 Å². The maximum absolute atomic E-state index is 12.6. The highest BCUT2D eigenvalue weighted by atomic mass is 32.1. The van der Waals surface area contributed by atoms with E-state index in [-0.39, 0.29) is 5.91 Å². The van der Waals surface area contributed by atoms with E-state index in [1.165, 1.54) is 34.6 Å². The van der Waals surface area contributed by atoms with Crippen molar-refractivity contribution >= 4 is 28.9 Å². The zero-order valence-corrected chi connectivity index (χ0v) is 17.0. The van der Waals surface area contributed by atoms with Gasteiger partial charge in [0.05, 0.1) is 0 Å². The molecule has 144 valence electrons. The average molecular weight is 386 g/mol. The van der Waals surface area contributed by atoms with E-state index >= 15 is 0 Å². The van der Waals surface area contributed by atoms with Crippen molar-refractivity contribution in [2.75, 3.05) is 5.32 Å². The summed E-state index contributed by atoms with van der Waals surface area (Å²) in [6.07, 6.45) is 4.56. The molecule has 1 aromatic heterocycles. The van der Waals surface area contributed by atoms with Crippen LogP contribution in [-0.4, -0.2) is 18.0 Å². The molecule has 27 heavy (non-hydrogen) atoms. The molecule has 0 aliphatic heterocycles. The highest BCUT2D eigenvalue weighted by Crippen LogP contribution is 2.30. The second-order valence-corrected chi connectivity index (χ2v) is 8.34. The Bertz CT molecular complexity index is 803. The smallest absolute Gasteiger partial charge is 0.349 e. The molecule has 1 aliphatic carbocycles. The van der Waals surface area contributed by atoms with E-state index in [2.05, 4.69) is 19.2 Å². The average Bonchev–Trinajstić information content (AvgIpc) is 3.12. The Morgan fingerprint density at radius 3 is 2.67 bits per heavy atom. The van der Waals surface area contributed by atoms with Crippen molar-refractivity contribution in [3.05, 3.63) is 51.2 Å². The first kappa shape index (κ1) is 19.6. The lowest BCUT2D eigenvalue weighted by Crippen LogP contribution is -2.30. The predicted octanol–water partition coefficient (Wildman–Crippen LogP) is 5.32. The van der Waals surface area contributed by atoms with E-state index in [0.29, 0.717) is 10.8 Å². The van der Waals surface area contributed by atoms with Gasteiger partial charge in [0.25, 0.3) is 5.91 Å². The quantitative estimate of drug-likeness (QED) is 0.684. The lowest BCUT2D eigenvalue weighted by atomic mass is 9.97. The van der Waals surface area contributed by atoms with Gasteiger partial charge in [0, 0.05) is 10.6 Å². The Hall–Kier alpha value is -2.14. The van der Waals surface area contributed by atoms with Crippen molar-refractivity contribution in [3.8, 4) is 0 Å². The Morgan fingerprint density at radius 1 is 1.19 bits per heavy atom. The van der Waals surface area contributed by atoms with Gasteiger partial charge in [-0.15, -0.1) is 11.3 Å². The fourth-order valence-electron chi connectivity index (χ4n) is 3.36. The molecule has 1 heterocycles. The molecular weight excluding hydrogens is 358 g/mol. The molecule has 0 fully saturated rings. The van der Waals surface area contributed by atoms with Crippen LogP contribution in [0.4, 0.5) is 5.69 Å². The van der Waals surface area contributed by atoms with E-state index in [1.807, 2.05) is 30.3 Å². The van der Waals surface area contributed by atoms with Crippen LogP contribution >= 0.6 is 11.3 Å². The molecular formula is C22H27NO3S. The molecule has 0 bridgehead atoms. The summed E-state index contributed by atoms with van der Waals surface area (Å²) in [4.78, 5) is 26.9. The normalized spacial score (nSPS) is 15.5. The number of carbonyl (C=O) groups excluding carboxylic acids is 2. The first-order valence-corrected chi connectivity index (χ1v) is 10.5. The lowest BCUT2D eigenvalue weighted by molar-refractivity contribution is -0.123. The number of para-hydroxylation sites is 1. The van der Waals surface area contributed by atoms with Crippen molar-refractivity contribution in [1.82, 2.24) is 0 Å². The first-order chi connectivity index (χ1) is 13.0. The SMILES string of the molecule is CC[C@H](C)c1ccccc1NC(=O)[C@@H](C)OC(=O)c1cc2c(s1)CCCC2. The molecule has 2 aromatic rings. The second kappa shape index (κ2) is 8.70. The summed E-state index contributed by atoms with van der Waals surface area (Å²) in [6.45, 7) is 5.87. The van der Waals surface area contributed by atoms with Gasteiger partial charge < -0.3 is 10.1 Å². The Labute approximate surface area is 164 Å². The van der Waals surface area contributed by atoms with E-state index < -0.39 is 12.1 Å². The fourth-order valence-corrected chi connectivity index (χ4v) is 4.49. The number of aryl methyl sites for hydroxylation is 2. The number of hydrogen-bond donors (Lipinski definition) is 1. The van der Waals surface area contributed by atoms with Gasteiger partial charge in [-0.1, -0.05) is 32.0 Å². The lowest BCUT2D eigenvalue weighted by Gasteiger charge is -2.18. The number of esters is 1. The topological polar surface area (TPSA) is 55.4 Å². The van der Waals surface area contributed by atoms with Crippen LogP contribution in [0.2, 0.25) is 0 Å². The summed E-state index contributed by atoms with van der Waals surface area (Å²) < 4.78 is 5.43. The highest BCUT2D eigenvalue weighted by molar-refractivity contribution is 7.14. The molecule has 1 N–H and O–H groups in total. The van der Waals surface area contributed by atoms with Crippen molar-refractivity contribution in [1.29, 1.82) is 0 Å². The first-order valence-electron chi connectivity index (χ1n) is 9.72. The van der Waals surface area contributed by atoms with Gasteiger partial charge in [-0.25, -0.2) is 4.79 Å². The van der Waals surface area contributed by atoms with Gasteiger partial charge in [-0.2, -0.15) is 0 Å². The molecule has 1 amide bonds. The van der Waals surface area contributed by atoms with Crippen LogP contribution in [0.5, 0.6) is 0 Å². The minimum absolute atomic E-state index is 0.305. The number of benzene rings is 1. The molecule has 0 unspecified atom stereocenters. The fraction of sp³-hybridized carbons (Fsp3) is 0.455. The van der Waals surface area contributed by atoms with Crippen LogP contribution in [0, 0.1) is 0 Å². The van der Waals surface area contributed by atoms with Gasteiger partial charge in [-0.05, 0) is 68.2 Å².